The zero-order valence-electron chi connectivity index (χ0n) is 10.7. The third kappa shape index (κ3) is 3.28. The number of carbonyl (C=O) groups is 1. The van der Waals surface area contributed by atoms with E-state index in [-0.39, 0.29) is 29.2 Å². The maximum atomic E-state index is 12.0. The van der Waals surface area contributed by atoms with E-state index in [1.807, 2.05) is 0 Å². The van der Waals surface area contributed by atoms with Gasteiger partial charge in [-0.15, -0.1) is 0 Å². The third-order valence-electron chi connectivity index (χ3n) is 3.83. The lowest BCUT2D eigenvalue weighted by molar-refractivity contribution is 0.0878. The molecular formula is C14H18BrNO3. The van der Waals surface area contributed by atoms with E-state index < -0.39 is 0 Å². The van der Waals surface area contributed by atoms with Crippen LogP contribution >= 0.6 is 15.9 Å². The van der Waals surface area contributed by atoms with E-state index in [0.29, 0.717) is 6.54 Å². The Morgan fingerprint density at radius 3 is 2.63 bits per heavy atom. The Bertz CT molecular complexity index is 470. The molecule has 0 radical (unpaired) electrons. The molecule has 0 aliphatic heterocycles. The van der Waals surface area contributed by atoms with Crippen LogP contribution in [0.25, 0.3) is 0 Å². The van der Waals surface area contributed by atoms with Crippen LogP contribution in [0.3, 0.4) is 0 Å². The molecule has 1 fully saturated rings. The van der Waals surface area contributed by atoms with Crippen molar-refractivity contribution in [1.29, 1.82) is 0 Å². The first-order chi connectivity index (χ1) is 9.06. The first-order valence-corrected chi connectivity index (χ1v) is 7.23. The molecule has 1 aromatic carbocycles. The molecule has 0 atom stereocenters. The third-order valence-corrected chi connectivity index (χ3v) is 4.32. The van der Waals surface area contributed by atoms with E-state index in [2.05, 4.69) is 21.2 Å². The lowest BCUT2D eigenvalue weighted by Crippen LogP contribution is -2.38. The number of phenols is 1. The van der Waals surface area contributed by atoms with Gasteiger partial charge in [-0.3, -0.25) is 4.79 Å². The molecular weight excluding hydrogens is 310 g/mol. The summed E-state index contributed by atoms with van der Waals surface area (Å²) < 4.78 is 0.726. The fourth-order valence-corrected chi connectivity index (χ4v) is 2.92. The van der Waals surface area contributed by atoms with Crippen LogP contribution in [-0.2, 0) is 0 Å². The number of aromatic hydroxyl groups is 1. The highest BCUT2D eigenvalue weighted by Crippen LogP contribution is 2.37. The van der Waals surface area contributed by atoms with Crippen LogP contribution < -0.4 is 5.32 Å². The summed E-state index contributed by atoms with van der Waals surface area (Å²) in [7, 11) is 0. The first-order valence-electron chi connectivity index (χ1n) is 6.44. The largest absolute Gasteiger partial charge is 0.507 e. The van der Waals surface area contributed by atoms with E-state index in [4.69, 9.17) is 0 Å². The van der Waals surface area contributed by atoms with Crippen LogP contribution in [0.5, 0.6) is 5.75 Å². The first kappa shape index (κ1) is 14.3. The quantitative estimate of drug-likeness (QED) is 0.795. The number of hydrogen-bond acceptors (Lipinski definition) is 3. The highest BCUT2D eigenvalue weighted by Gasteiger charge is 2.33. The summed E-state index contributed by atoms with van der Waals surface area (Å²) in [5, 5.41) is 22.0. The second-order valence-corrected chi connectivity index (χ2v) is 6.13. The molecule has 0 heterocycles. The second-order valence-electron chi connectivity index (χ2n) is 5.21. The second kappa shape index (κ2) is 5.92. The number of phenolic OH excluding ortho intramolecular Hbond substituents is 1. The SMILES string of the molecule is O=C(NCC1(CO)CCCC1)c1ccc(Br)cc1O. The molecule has 0 bridgehead atoms. The van der Waals surface area contributed by atoms with E-state index in [9.17, 15) is 15.0 Å². The van der Waals surface area contributed by atoms with Gasteiger partial charge in [0.2, 0.25) is 0 Å². The standard InChI is InChI=1S/C14H18BrNO3/c15-10-3-4-11(12(18)7-10)13(19)16-8-14(9-17)5-1-2-6-14/h3-4,7,17-18H,1-2,5-6,8-9H2,(H,16,19). The normalized spacial score (nSPS) is 17.4. The van der Waals surface area contributed by atoms with Gasteiger partial charge in [-0.05, 0) is 31.0 Å². The Morgan fingerprint density at radius 1 is 1.37 bits per heavy atom. The summed E-state index contributed by atoms with van der Waals surface area (Å²) >= 11 is 3.23. The van der Waals surface area contributed by atoms with Crippen molar-refractivity contribution in [3.63, 3.8) is 0 Å². The van der Waals surface area contributed by atoms with Gasteiger partial charge in [-0.1, -0.05) is 28.8 Å². The van der Waals surface area contributed by atoms with Gasteiger partial charge in [0.15, 0.2) is 0 Å². The monoisotopic (exact) mass is 327 g/mol. The lowest BCUT2D eigenvalue weighted by atomic mass is 9.87. The van der Waals surface area contributed by atoms with Crippen LogP contribution in [0.4, 0.5) is 0 Å². The van der Waals surface area contributed by atoms with Crippen molar-refractivity contribution in [3.05, 3.63) is 28.2 Å². The number of carbonyl (C=O) groups excluding carboxylic acids is 1. The summed E-state index contributed by atoms with van der Waals surface area (Å²) in [6.45, 7) is 0.553. The van der Waals surface area contributed by atoms with Crippen molar-refractivity contribution in [3.8, 4) is 5.75 Å². The average molecular weight is 328 g/mol. The van der Waals surface area contributed by atoms with Crippen molar-refractivity contribution in [2.75, 3.05) is 13.2 Å². The highest BCUT2D eigenvalue weighted by atomic mass is 79.9. The Hall–Kier alpha value is -1.07. The van der Waals surface area contributed by atoms with Crippen LogP contribution in [0.2, 0.25) is 0 Å². The molecule has 0 unspecified atom stereocenters. The molecule has 1 aromatic rings. The number of halogens is 1. The summed E-state index contributed by atoms with van der Waals surface area (Å²) in [6, 6.07) is 4.79. The zero-order valence-corrected chi connectivity index (χ0v) is 12.2. The van der Waals surface area contributed by atoms with Gasteiger partial charge in [-0.2, -0.15) is 0 Å². The van der Waals surface area contributed by atoms with Gasteiger partial charge >= 0.3 is 0 Å². The number of rotatable bonds is 4. The van der Waals surface area contributed by atoms with E-state index in [1.54, 1.807) is 12.1 Å². The molecule has 1 aliphatic rings. The number of amides is 1. The molecule has 0 aromatic heterocycles. The molecule has 0 saturated heterocycles. The molecule has 1 amide bonds. The minimum atomic E-state index is -0.301. The van der Waals surface area contributed by atoms with Crippen LogP contribution in [-0.4, -0.2) is 29.3 Å². The van der Waals surface area contributed by atoms with Gasteiger partial charge in [0.05, 0.1) is 12.2 Å². The molecule has 1 saturated carbocycles. The van der Waals surface area contributed by atoms with Crippen molar-refractivity contribution in [2.24, 2.45) is 5.41 Å². The Labute approximate surface area is 121 Å². The minimum absolute atomic E-state index is 0.0451. The smallest absolute Gasteiger partial charge is 0.255 e. The van der Waals surface area contributed by atoms with Gasteiger partial charge < -0.3 is 15.5 Å². The van der Waals surface area contributed by atoms with E-state index >= 15 is 0 Å². The van der Waals surface area contributed by atoms with Gasteiger partial charge in [0.25, 0.3) is 5.91 Å². The van der Waals surface area contributed by atoms with Crippen LogP contribution in [0.15, 0.2) is 22.7 Å². The minimum Gasteiger partial charge on any atom is -0.507 e. The maximum Gasteiger partial charge on any atom is 0.255 e. The van der Waals surface area contributed by atoms with Crippen LogP contribution in [0, 0.1) is 5.41 Å². The fraction of sp³-hybridized carbons (Fsp3) is 0.500. The summed E-state index contributed by atoms with van der Waals surface area (Å²) in [5.41, 5.74) is 0.0787. The highest BCUT2D eigenvalue weighted by molar-refractivity contribution is 9.10. The average Bonchev–Trinajstić information content (AvgIpc) is 2.85. The van der Waals surface area contributed by atoms with Crippen molar-refractivity contribution >= 4 is 21.8 Å². The Morgan fingerprint density at radius 2 is 2.05 bits per heavy atom. The predicted molar refractivity (Wildman–Crippen MR) is 76.1 cm³/mol. The molecule has 2 rings (SSSR count). The predicted octanol–water partition coefficient (Wildman–Crippen LogP) is 2.44. The van der Waals surface area contributed by atoms with Gasteiger partial charge in [0.1, 0.15) is 5.75 Å². The molecule has 3 N–H and O–H groups in total. The van der Waals surface area contributed by atoms with Crippen LogP contribution in [0.1, 0.15) is 36.0 Å². The molecule has 104 valence electrons. The Balaban J connectivity index is 2.01. The number of nitrogens with one attached hydrogen (secondary N) is 1. The molecule has 5 heteroatoms. The van der Waals surface area contributed by atoms with E-state index in [0.717, 1.165) is 30.2 Å². The molecule has 19 heavy (non-hydrogen) atoms. The van der Waals surface area contributed by atoms with Crippen molar-refractivity contribution in [1.82, 2.24) is 5.32 Å². The fourth-order valence-electron chi connectivity index (χ4n) is 2.58. The number of benzene rings is 1. The molecule has 0 spiro atoms. The molecule has 1 aliphatic carbocycles. The van der Waals surface area contributed by atoms with Gasteiger partial charge in [-0.25, -0.2) is 0 Å². The summed E-state index contributed by atoms with van der Waals surface area (Å²) in [6.07, 6.45) is 4.08. The number of aliphatic hydroxyl groups excluding tert-OH is 1. The zero-order chi connectivity index (χ0) is 13.9. The van der Waals surface area contributed by atoms with Gasteiger partial charge in [0, 0.05) is 16.4 Å². The summed E-state index contributed by atoms with van der Waals surface area (Å²) in [4.78, 5) is 12.0. The Kier molecular flexibility index (Phi) is 4.47. The maximum absolute atomic E-state index is 12.0. The van der Waals surface area contributed by atoms with E-state index in [1.165, 1.54) is 6.07 Å². The number of aliphatic hydroxyl groups is 1. The summed E-state index contributed by atoms with van der Waals surface area (Å²) in [5.74, 6) is -0.346. The number of hydrogen-bond donors (Lipinski definition) is 3. The molecule has 4 nitrogen and oxygen atoms in total. The van der Waals surface area contributed by atoms with Crippen molar-refractivity contribution in [2.45, 2.75) is 25.7 Å². The lowest BCUT2D eigenvalue weighted by Gasteiger charge is -2.26. The van der Waals surface area contributed by atoms with Crippen molar-refractivity contribution < 1.29 is 15.0 Å². The topological polar surface area (TPSA) is 69.6 Å².